The molecule has 0 amide bonds. The first-order valence-electron chi connectivity index (χ1n) is 3.30. The van der Waals surface area contributed by atoms with Gasteiger partial charge in [0.25, 0.3) is 0 Å². The summed E-state index contributed by atoms with van der Waals surface area (Å²) in [5, 5.41) is 3.84. The zero-order valence-electron chi connectivity index (χ0n) is 6.83. The SMILES string of the molecule is C=CN/N=C\N(C)C(C)C. The van der Waals surface area contributed by atoms with Crippen molar-refractivity contribution in [2.24, 2.45) is 5.10 Å². The van der Waals surface area contributed by atoms with Crippen LogP contribution in [0.1, 0.15) is 13.8 Å². The van der Waals surface area contributed by atoms with Crippen molar-refractivity contribution in [1.82, 2.24) is 10.3 Å². The number of hydrogen-bond acceptors (Lipinski definition) is 2. The average Bonchev–Trinajstić information content (AvgIpc) is 1.88. The van der Waals surface area contributed by atoms with Gasteiger partial charge in [-0.3, -0.25) is 5.43 Å². The van der Waals surface area contributed by atoms with Gasteiger partial charge in [0.05, 0.1) is 0 Å². The molecular weight excluding hydrogens is 126 g/mol. The summed E-state index contributed by atoms with van der Waals surface area (Å²) in [6, 6.07) is 0.482. The molecule has 0 unspecified atom stereocenters. The lowest BCUT2D eigenvalue weighted by molar-refractivity contribution is 0.427. The molecule has 0 saturated carbocycles. The molecule has 0 aromatic heterocycles. The molecule has 0 aromatic carbocycles. The van der Waals surface area contributed by atoms with E-state index in [1.54, 1.807) is 6.34 Å². The molecule has 0 aliphatic heterocycles. The van der Waals surface area contributed by atoms with Gasteiger partial charge in [-0.25, -0.2) is 0 Å². The summed E-state index contributed by atoms with van der Waals surface area (Å²) in [5.41, 5.74) is 2.63. The van der Waals surface area contributed by atoms with E-state index in [0.717, 1.165) is 0 Å². The summed E-state index contributed by atoms with van der Waals surface area (Å²) in [5.74, 6) is 0. The van der Waals surface area contributed by atoms with Crippen LogP contribution in [0.25, 0.3) is 0 Å². The van der Waals surface area contributed by atoms with Gasteiger partial charge in [-0.2, -0.15) is 5.10 Å². The minimum atomic E-state index is 0.482. The number of nitrogens with one attached hydrogen (secondary N) is 1. The fourth-order valence-electron chi connectivity index (χ4n) is 0.310. The van der Waals surface area contributed by atoms with Crippen molar-refractivity contribution < 1.29 is 0 Å². The molecule has 0 aliphatic carbocycles. The third-order valence-electron chi connectivity index (χ3n) is 1.22. The quantitative estimate of drug-likeness (QED) is 0.359. The summed E-state index contributed by atoms with van der Waals surface area (Å²) in [6.07, 6.45) is 3.26. The molecule has 58 valence electrons. The van der Waals surface area contributed by atoms with Crippen molar-refractivity contribution in [2.45, 2.75) is 19.9 Å². The molecule has 0 rings (SSSR count). The maximum Gasteiger partial charge on any atom is 0.111 e. The normalized spacial score (nSPS) is 10.4. The van der Waals surface area contributed by atoms with Crippen molar-refractivity contribution in [3.63, 3.8) is 0 Å². The van der Waals surface area contributed by atoms with E-state index in [0.29, 0.717) is 6.04 Å². The molecule has 0 atom stereocenters. The van der Waals surface area contributed by atoms with Crippen LogP contribution in [-0.2, 0) is 0 Å². The van der Waals surface area contributed by atoms with Crippen molar-refractivity contribution in [3.05, 3.63) is 12.8 Å². The first kappa shape index (κ1) is 9.01. The Morgan fingerprint density at radius 2 is 2.20 bits per heavy atom. The second-order valence-electron chi connectivity index (χ2n) is 2.34. The summed E-state index contributed by atoms with van der Waals surface area (Å²) < 4.78 is 0. The van der Waals surface area contributed by atoms with Gasteiger partial charge in [0, 0.05) is 19.3 Å². The standard InChI is InChI=1S/C7H15N3/c1-5-8-9-6-10(4)7(2)3/h5-8H,1H2,2-4H3/b9-6-. The minimum absolute atomic E-state index is 0.482. The van der Waals surface area contributed by atoms with Gasteiger partial charge in [-0.1, -0.05) is 6.58 Å². The van der Waals surface area contributed by atoms with Gasteiger partial charge >= 0.3 is 0 Å². The second kappa shape index (κ2) is 4.85. The van der Waals surface area contributed by atoms with Crippen LogP contribution in [0.5, 0.6) is 0 Å². The van der Waals surface area contributed by atoms with Crippen LogP contribution in [0.4, 0.5) is 0 Å². The van der Waals surface area contributed by atoms with E-state index in [-0.39, 0.29) is 0 Å². The number of rotatable bonds is 4. The first-order chi connectivity index (χ1) is 4.68. The van der Waals surface area contributed by atoms with Gasteiger partial charge in [-0.05, 0) is 13.8 Å². The van der Waals surface area contributed by atoms with E-state index < -0.39 is 0 Å². The molecule has 3 heteroatoms. The van der Waals surface area contributed by atoms with Crippen LogP contribution in [0.3, 0.4) is 0 Å². The van der Waals surface area contributed by atoms with E-state index in [1.165, 1.54) is 6.20 Å². The highest BCUT2D eigenvalue weighted by Crippen LogP contribution is 1.87. The highest BCUT2D eigenvalue weighted by Gasteiger charge is 1.94. The Balaban J connectivity index is 3.54. The topological polar surface area (TPSA) is 27.6 Å². The Morgan fingerprint density at radius 3 is 2.60 bits per heavy atom. The van der Waals surface area contributed by atoms with Crippen LogP contribution in [0, 0.1) is 0 Å². The Labute approximate surface area is 62.4 Å². The molecular formula is C7H15N3. The number of hydrogen-bond donors (Lipinski definition) is 1. The van der Waals surface area contributed by atoms with E-state index in [1.807, 2.05) is 11.9 Å². The molecule has 0 saturated heterocycles. The van der Waals surface area contributed by atoms with Gasteiger partial charge in [0.2, 0.25) is 0 Å². The zero-order chi connectivity index (χ0) is 7.98. The van der Waals surface area contributed by atoms with Gasteiger partial charge in [0.1, 0.15) is 6.34 Å². The number of hydrazone groups is 1. The molecule has 0 fully saturated rings. The van der Waals surface area contributed by atoms with Crippen molar-refractivity contribution >= 4 is 6.34 Å². The van der Waals surface area contributed by atoms with Gasteiger partial charge < -0.3 is 4.90 Å². The molecule has 3 nitrogen and oxygen atoms in total. The zero-order valence-corrected chi connectivity index (χ0v) is 6.83. The smallest absolute Gasteiger partial charge is 0.111 e. The largest absolute Gasteiger partial charge is 0.362 e. The molecule has 0 aliphatic rings. The van der Waals surface area contributed by atoms with Crippen LogP contribution >= 0.6 is 0 Å². The van der Waals surface area contributed by atoms with Crippen LogP contribution in [0.2, 0.25) is 0 Å². The maximum absolute atomic E-state index is 3.84. The highest BCUT2D eigenvalue weighted by molar-refractivity contribution is 5.54. The lowest BCUT2D eigenvalue weighted by Crippen LogP contribution is -2.25. The van der Waals surface area contributed by atoms with Crippen LogP contribution in [0.15, 0.2) is 17.9 Å². The van der Waals surface area contributed by atoms with E-state index in [9.17, 15) is 0 Å². The third-order valence-corrected chi connectivity index (χ3v) is 1.22. The molecule has 0 aromatic rings. The van der Waals surface area contributed by atoms with Crippen molar-refractivity contribution in [3.8, 4) is 0 Å². The Bertz CT molecular complexity index is 118. The Kier molecular flexibility index (Phi) is 4.37. The summed E-state index contributed by atoms with van der Waals surface area (Å²) in [4.78, 5) is 2.00. The third kappa shape index (κ3) is 3.95. The molecule has 0 bridgehead atoms. The van der Waals surface area contributed by atoms with Gasteiger partial charge in [-0.15, -0.1) is 0 Å². The van der Waals surface area contributed by atoms with Crippen LogP contribution in [-0.4, -0.2) is 24.3 Å². The molecule has 0 radical (unpaired) electrons. The van der Waals surface area contributed by atoms with Gasteiger partial charge in [0.15, 0.2) is 0 Å². The van der Waals surface area contributed by atoms with Crippen LogP contribution < -0.4 is 5.43 Å². The minimum Gasteiger partial charge on any atom is -0.362 e. The monoisotopic (exact) mass is 141 g/mol. The highest BCUT2D eigenvalue weighted by atomic mass is 15.3. The summed E-state index contributed by atoms with van der Waals surface area (Å²) >= 11 is 0. The van der Waals surface area contributed by atoms with Crippen molar-refractivity contribution in [2.75, 3.05) is 7.05 Å². The predicted octanol–water partition coefficient (Wildman–Crippen LogP) is 1.00. The number of nitrogens with zero attached hydrogens (tertiary/aromatic N) is 2. The van der Waals surface area contributed by atoms with Crippen molar-refractivity contribution in [1.29, 1.82) is 0 Å². The Hall–Kier alpha value is -0.990. The summed E-state index contributed by atoms with van der Waals surface area (Å²) in [7, 11) is 1.97. The maximum atomic E-state index is 3.84. The first-order valence-corrected chi connectivity index (χ1v) is 3.30. The fraction of sp³-hybridized carbons (Fsp3) is 0.571. The van der Waals surface area contributed by atoms with E-state index >= 15 is 0 Å². The predicted molar refractivity (Wildman–Crippen MR) is 44.7 cm³/mol. The Morgan fingerprint density at radius 1 is 1.60 bits per heavy atom. The van der Waals surface area contributed by atoms with E-state index in [2.05, 4.69) is 31.0 Å². The second-order valence-corrected chi connectivity index (χ2v) is 2.34. The molecule has 0 spiro atoms. The van der Waals surface area contributed by atoms with E-state index in [4.69, 9.17) is 0 Å². The molecule has 1 N–H and O–H groups in total. The molecule has 0 heterocycles. The lowest BCUT2D eigenvalue weighted by atomic mass is 10.4. The average molecular weight is 141 g/mol. The molecule has 10 heavy (non-hydrogen) atoms. The summed E-state index contributed by atoms with van der Waals surface area (Å²) in [6.45, 7) is 7.65. The fourth-order valence-corrected chi connectivity index (χ4v) is 0.310. The lowest BCUT2D eigenvalue weighted by Gasteiger charge is -2.16.